The Morgan fingerprint density at radius 2 is 1.60 bits per heavy atom. The highest BCUT2D eigenvalue weighted by atomic mass is 16.5. The average molecular weight is 409 g/mol. The number of ether oxygens (including phenoxy) is 3. The molecule has 0 aliphatic carbocycles. The predicted octanol–water partition coefficient (Wildman–Crippen LogP) is 6.59. The summed E-state index contributed by atoms with van der Waals surface area (Å²) in [6.45, 7) is 16.9. The third kappa shape index (κ3) is 6.24. The van der Waals surface area contributed by atoms with Crippen molar-refractivity contribution in [1.82, 2.24) is 0 Å². The van der Waals surface area contributed by atoms with Crippen LogP contribution in [0, 0.1) is 0 Å². The van der Waals surface area contributed by atoms with E-state index in [2.05, 4.69) is 27.4 Å². The van der Waals surface area contributed by atoms with Crippen molar-refractivity contribution in [1.29, 1.82) is 0 Å². The molecule has 160 valence electrons. The predicted molar refractivity (Wildman–Crippen MR) is 123 cm³/mol. The van der Waals surface area contributed by atoms with Gasteiger partial charge in [0.15, 0.2) is 5.78 Å². The van der Waals surface area contributed by atoms with Crippen LogP contribution in [0.1, 0.15) is 63.0 Å². The minimum atomic E-state index is -0.110. The standard InChI is InChI=1S/C26H32O4/c1-8-28-24-17-25(29-9-2)22(26(5,6)7)16-20(24)12-15-23(27)19-10-13-21(14-11-19)30-18(3)4/h10-17H,3,8-9H2,1-2,4-7H3. The summed E-state index contributed by atoms with van der Waals surface area (Å²) < 4.78 is 17.1. The maximum atomic E-state index is 12.7. The first-order chi connectivity index (χ1) is 14.2. The molecule has 0 atom stereocenters. The second-order valence-corrected chi connectivity index (χ2v) is 8.03. The summed E-state index contributed by atoms with van der Waals surface area (Å²) in [6.07, 6.45) is 3.37. The first-order valence-electron chi connectivity index (χ1n) is 10.3. The van der Waals surface area contributed by atoms with Gasteiger partial charge >= 0.3 is 0 Å². The molecule has 0 saturated heterocycles. The summed E-state index contributed by atoms with van der Waals surface area (Å²) in [5, 5.41) is 0. The largest absolute Gasteiger partial charge is 0.493 e. The number of benzene rings is 2. The summed E-state index contributed by atoms with van der Waals surface area (Å²) in [7, 11) is 0. The Hall–Kier alpha value is -3.01. The van der Waals surface area contributed by atoms with E-state index >= 15 is 0 Å². The molecule has 30 heavy (non-hydrogen) atoms. The number of carbonyl (C=O) groups is 1. The van der Waals surface area contributed by atoms with E-state index in [4.69, 9.17) is 14.2 Å². The zero-order chi connectivity index (χ0) is 22.3. The van der Waals surface area contributed by atoms with Gasteiger partial charge in [0.25, 0.3) is 0 Å². The van der Waals surface area contributed by atoms with Crippen molar-refractivity contribution in [3.8, 4) is 17.2 Å². The normalized spacial score (nSPS) is 11.4. The van der Waals surface area contributed by atoms with E-state index in [0.29, 0.717) is 36.0 Å². The molecule has 0 heterocycles. The van der Waals surface area contributed by atoms with Crippen LogP contribution in [-0.4, -0.2) is 19.0 Å². The highest BCUT2D eigenvalue weighted by Crippen LogP contribution is 2.37. The minimum absolute atomic E-state index is 0.0921. The maximum Gasteiger partial charge on any atom is 0.185 e. The summed E-state index contributed by atoms with van der Waals surface area (Å²) >= 11 is 0. The zero-order valence-corrected chi connectivity index (χ0v) is 18.9. The van der Waals surface area contributed by atoms with Gasteiger partial charge in [0.1, 0.15) is 17.2 Å². The molecule has 0 aliphatic rings. The van der Waals surface area contributed by atoms with Gasteiger partial charge in [-0.25, -0.2) is 0 Å². The van der Waals surface area contributed by atoms with Gasteiger partial charge in [-0.15, -0.1) is 0 Å². The first-order valence-corrected chi connectivity index (χ1v) is 10.3. The summed E-state index contributed by atoms with van der Waals surface area (Å²) in [5.74, 6) is 2.67. The highest BCUT2D eigenvalue weighted by molar-refractivity contribution is 6.07. The SMILES string of the molecule is C=C(C)Oc1ccc(C(=O)C=Cc2cc(C(C)(C)C)c(OCC)cc2OCC)cc1. The Morgan fingerprint density at radius 1 is 1.00 bits per heavy atom. The molecule has 0 radical (unpaired) electrons. The van der Waals surface area contributed by atoms with Crippen molar-refractivity contribution < 1.29 is 19.0 Å². The molecular formula is C26H32O4. The van der Waals surface area contributed by atoms with Crippen LogP contribution >= 0.6 is 0 Å². The van der Waals surface area contributed by atoms with Crippen LogP contribution in [0.4, 0.5) is 0 Å². The highest BCUT2D eigenvalue weighted by Gasteiger charge is 2.21. The lowest BCUT2D eigenvalue weighted by molar-refractivity contribution is 0.104. The molecular weight excluding hydrogens is 376 g/mol. The summed E-state index contributed by atoms with van der Waals surface area (Å²) in [4.78, 5) is 12.7. The molecule has 4 heteroatoms. The van der Waals surface area contributed by atoms with Crippen LogP contribution in [0.2, 0.25) is 0 Å². The fourth-order valence-corrected chi connectivity index (χ4v) is 3.00. The van der Waals surface area contributed by atoms with E-state index in [0.717, 1.165) is 16.9 Å². The molecule has 0 unspecified atom stereocenters. The fourth-order valence-electron chi connectivity index (χ4n) is 3.00. The van der Waals surface area contributed by atoms with Crippen molar-refractivity contribution in [2.45, 2.75) is 47.0 Å². The van der Waals surface area contributed by atoms with Crippen LogP contribution in [0.5, 0.6) is 17.2 Å². The molecule has 0 spiro atoms. The molecule has 0 bridgehead atoms. The molecule has 4 nitrogen and oxygen atoms in total. The number of carbonyl (C=O) groups excluding carboxylic acids is 1. The van der Waals surface area contributed by atoms with Crippen molar-refractivity contribution in [3.05, 3.63) is 71.5 Å². The fraction of sp³-hybridized carbons (Fsp3) is 0.346. The Bertz CT molecular complexity index is 915. The molecule has 0 aromatic heterocycles. The Kier molecular flexibility index (Phi) is 7.87. The van der Waals surface area contributed by atoms with E-state index in [1.807, 2.05) is 26.0 Å². The molecule has 0 amide bonds. The lowest BCUT2D eigenvalue weighted by atomic mass is 9.85. The smallest absolute Gasteiger partial charge is 0.185 e. The zero-order valence-electron chi connectivity index (χ0n) is 18.9. The van der Waals surface area contributed by atoms with E-state index in [-0.39, 0.29) is 11.2 Å². The maximum absolute atomic E-state index is 12.7. The van der Waals surface area contributed by atoms with Crippen molar-refractivity contribution in [2.75, 3.05) is 13.2 Å². The van der Waals surface area contributed by atoms with Crippen molar-refractivity contribution in [3.63, 3.8) is 0 Å². The summed E-state index contributed by atoms with van der Waals surface area (Å²) in [5.41, 5.74) is 2.39. The minimum Gasteiger partial charge on any atom is -0.493 e. The Labute approximate surface area is 180 Å². The molecule has 0 N–H and O–H groups in total. The van der Waals surface area contributed by atoms with Gasteiger partial charge in [-0.3, -0.25) is 4.79 Å². The van der Waals surface area contributed by atoms with Gasteiger partial charge in [0.05, 0.1) is 19.0 Å². The van der Waals surface area contributed by atoms with Gasteiger partial charge in [-0.05, 0) is 68.7 Å². The molecule has 0 aliphatic heterocycles. The first kappa shape index (κ1) is 23.3. The van der Waals surface area contributed by atoms with E-state index in [1.165, 1.54) is 0 Å². The molecule has 0 fully saturated rings. The van der Waals surface area contributed by atoms with Crippen LogP contribution in [0.15, 0.2) is 54.8 Å². The van der Waals surface area contributed by atoms with Crippen LogP contribution in [0.3, 0.4) is 0 Å². The number of allylic oxidation sites excluding steroid dienone is 2. The number of rotatable bonds is 9. The van der Waals surface area contributed by atoms with Crippen LogP contribution in [-0.2, 0) is 5.41 Å². The van der Waals surface area contributed by atoms with Gasteiger partial charge in [0, 0.05) is 22.8 Å². The van der Waals surface area contributed by atoms with Gasteiger partial charge < -0.3 is 14.2 Å². The Balaban J connectivity index is 2.35. The van der Waals surface area contributed by atoms with Crippen LogP contribution in [0.25, 0.3) is 6.08 Å². The van der Waals surface area contributed by atoms with Gasteiger partial charge in [-0.2, -0.15) is 0 Å². The molecule has 2 aromatic rings. The topological polar surface area (TPSA) is 44.8 Å². The second kappa shape index (κ2) is 10.1. The van der Waals surface area contributed by atoms with E-state index in [9.17, 15) is 4.79 Å². The molecule has 2 aromatic carbocycles. The van der Waals surface area contributed by atoms with Gasteiger partial charge in [-0.1, -0.05) is 27.4 Å². The molecule has 0 saturated carbocycles. The monoisotopic (exact) mass is 408 g/mol. The third-order valence-electron chi connectivity index (χ3n) is 4.36. The summed E-state index contributed by atoms with van der Waals surface area (Å²) in [6, 6.07) is 11.0. The van der Waals surface area contributed by atoms with Crippen molar-refractivity contribution in [2.24, 2.45) is 0 Å². The Morgan fingerprint density at radius 3 is 2.13 bits per heavy atom. The number of hydrogen-bond acceptors (Lipinski definition) is 4. The second-order valence-electron chi connectivity index (χ2n) is 8.03. The van der Waals surface area contributed by atoms with Crippen LogP contribution < -0.4 is 14.2 Å². The number of ketones is 1. The van der Waals surface area contributed by atoms with E-state index in [1.54, 1.807) is 43.3 Å². The molecule has 2 rings (SSSR count). The number of hydrogen-bond donors (Lipinski definition) is 0. The lowest BCUT2D eigenvalue weighted by Gasteiger charge is -2.24. The van der Waals surface area contributed by atoms with Gasteiger partial charge in [0.2, 0.25) is 0 Å². The lowest BCUT2D eigenvalue weighted by Crippen LogP contribution is -2.14. The average Bonchev–Trinajstić information content (AvgIpc) is 2.66. The van der Waals surface area contributed by atoms with Crippen molar-refractivity contribution >= 4 is 11.9 Å². The van der Waals surface area contributed by atoms with E-state index < -0.39 is 0 Å². The third-order valence-corrected chi connectivity index (χ3v) is 4.36. The quantitative estimate of drug-likeness (QED) is 0.267.